The normalized spacial score (nSPS) is 12.9. The van der Waals surface area contributed by atoms with E-state index >= 15 is 0 Å². The molecule has 3 N–H and O–H groups in total. The van der Waals surface area contributed by atoms with E-state index in [4.69, 9.17) is 5.73 Å². The van der Waals surface area contributed by atoms with Gasteiger partial charge in [-0.3, -0.25) is 10.1 Å². The van der Waals surface area contributed by atoms with Crippen LogP contribution in [0.4, 0.5) is 5.69 Å². The maximum Gasteiger partial charge on any atom is 0.294 e. The number of fused-ring (bicyclic) bond motifs is 1. The number of hydrogen-bond acceptors (Lipinski definition) is 4. The fraction of sp³-hybridized carbons (Fsp3) is 0.273. The fourth-order valence-corrected chi connectivity index (χ4v) is 2.02. The quantitative estimate of drug-likeness (QED) is 0.614. The van der Waals surface area contributed by atoms with Gasteiger partial charge in [-0.15, -0.1) is 0 Å². The Morgan fingerprint density at radius 3 is 2.88 bits per heavy atom. The second-order valence-electron chi connectivity index (χ2n) is 3.88. The minimum Gasteiger partial charge on any atom is -0.387 e. The first kappa shape index (κ1) is 11.6. The molecule has 1 unspecified atom stereocenters. The van der Waals surface area contributed by atoms with Crippen molar-refractivity contribution in [1.82, 2.24) is 4.57 Å². The Kier molecular flexibility index (Phi) is 2.83. The Hall–Kier alpha value is -1.92. The number of para-hydroxylation sites is 1. The molecule has 0 bridgehead atoms. The summed E-state index contributed by atoms with van der Waals surface area (Å²) >= 11 is 0. The van der Waals surface area contributed by atoms with Gasteiger partial charge in [0.25, 0.3) is 5.69 Å². The number of rotatable bonds is 3. The number of benzene rings is 1. The molecule has 0 radical (unpaired) electrons. The summed E-state index contributed by atoms with van der Waals surface area (Å²) in [6.07, 6.45) is 0.629. The molecule has 1 atom stereocenters. The van der Waals surface area contributed by atoms with Gasteiger partial charge in [-0.1, -0.05) is 12.1 Å². The lowest BCUT2D eigenvalue weighted by Crippen LogP contribution is -2.12. The van der Waals surface area contributed by atoms with Crippen LogP contribution in [0.3, 0.4) is 0 Å². The van der Waals surface area contributed by atoms with Crippen LogP contribution in [-0.4, -0.2) is 21.1 Å². The molecule has 0 aliphatic carbocycles. The fourth-order valence-electron chi connectivity index (χ4n) is 2.02. The first-order valence-corrected chi connectivity index (χ1v) is 5.16. The Morgan fingerprint density at radius 1 is 1.59 bits per heavy atom. The molecule has 2 rings (SSSR count). The van der Waals surface area contributed by atoms with E-state index in [-0.39, 0.29) is 12.2 Å². The Balaban J connectivity index is 2.77. The highest BCUT2D eigenvalue weighted by molar-refractivity contribution is 5.92. The monoisotopic (exact) mass is 235 g/mol. The Morgan fingerprint density at radius 2 is 2.29 bits per heavy atom. The number of aliphatic hydroxyl groups excluding tert-OH is 1. The van der Waals surface area contributed by atoms with Gasteiger partial charge >= 0.3 is 0 Å². The van der Waals surface area contributed by atoms with Crippen LogP contribution in [0.1, 0.15) is 11.7 Å². The van der Waals surface area contributed by atoms with Crippen molar-refractivity contribution in [2.75, 3.05) is 6.54 Å². The predicted octanol–water partition coefficient (Wildman–Crippen LogP) is 1.08. The largest absolute Gasteiger partial charge is 0.387 e. The number of nitrogens with two attached hydrogens (primary N) is 1. The molecule has 1 heterocycles. The molecular formula is C11H13N3O3. The van der Waals surface area contributed by atoms with Gasteiger partial charge in [0.2, 0.25) is 0 Å². The highest BCUT2D eigenvalue weighted by atomic mass is 16.6. The molecule has 0 amide bonds. The third-order valence-electron chi connectivity index (χ3n) is 2.79. The molecule has 2 aromatic rings. The Labute approximate surface area is 97.4 Å². The number of hydrogen-bond donors (Lipinski definition) is 2. The zero-order chi connectivity index (χ0) is 12.6. The third kappa shape index (κ3) is 1.77. The van der Waals surface area contributed by atoms with Gasteiger partial charge in [0.15, 0.2) is 0 Å². The van der Waals surface area contributed by atoms with Crippen molar-refractivity contribution in [2.24, 2.45) is 12.8 Å². The third-order valence-corrected chi connectivity index (χ3v) is 2.79. The molecule has 1 aromatic carbocycles. The van der Waals surface area contributed by atoms with Crippen LogP contribution in [0.5, 0.6) is 0 Å². The summed E-state index contributed by atoms with van der Waals surface area (Å²) in [5, 5.41) is 21.2. The van der Waals surface area contributed by atoms with Gasteiger partial charge < -0.3 is 15.4 Å². The maximum atomic E-state index is 10.9. The van der Waals surface area contributed by atoms with E-state index < -0.39 is 11.0 Å². The van der Waals surface area contributed by atoms with Crippen LogP contribution in [0.25, 0.3) is 10.9 Å². The smallest absolute Gasteiger partial charge is 0.294 e. The summed E-state index contributed by atoms with van der Waals surface area (Å²) in [5.74, 6) is 0. The predicted molar refractivity (Wildman–Crippen MR) is 63.6 cm³/mol. The molecule has 0 spiro atoms. The van der Waals surface area contributed by atoms with Crippen LogP contribution >= 0.6 is 0 Å². The van der Waals surface area contributed by atoms with E-state index in [1.807, 2.05) is 0 Å². The van der Waals surface area contributed by atoms with Gasteiger partial charge in [0.05, 0.1) is 28.1 Å². The van der Waals surface area contributed by atoms with Gasteiger partial charge in [-0.2, -0.15) is 0 Å². The zero-order valence-electron chi connectivity index (χ0n) is 9.33. The number of nitro groups is 1. The molecule has 6 heteroatoms. The van der Waals surface area contributed by atoms with E-state index in [0.29, 0.717) is 16.5 Å². The average molecular weight is 235 g/mol. The lowest BCUT2D eigenvalue weighted by Gasteiger charge is -2.10. The van der Waals surface area contributed by atoms with E-state index in [1.54, 1.807) is 29.8 Å². The van der Waals surface area contributed by atoms with Crippen molar-refractivity contribution in [2.45, 2.75) is 6.10 Å². The van der Waals surface area contributed by atoms with Crippen molar-refractivity contribution in [3.63, 3.8) is 0 Å². The van der Waals surface area contributed by atoms with Crippen molar-refractivity contribution < 1.29 is 10.0 Å². The summed E-state index contributed by atoms with van der Waals surface area (Å²) in [5.41, 5.74) is 6.72. The van der Waals surface area contributed by atoms with Crippen LogP contribution in [0.2, 0.25) is 0 Å². The summed E-state index contributed by atoms with van der Waals surface area (Å²) < 4.78 is 1.64. The molecule has 90 valence electrons. The highest BCUT2D eigenvalue weighted by Crippen LogP contribution is 2.31. The molecule has 0 aliphatic heterocycles. The van der Waals surface area contributed by atoms with Gasteiger partial charge in [-0.25, -0.2) is 0 Å². The van der Waals surface area contributed by atoms with Gasteiger partial charge in [-0.05, 0) is 6.07 Å². The van der Waals surface area contributed by atoms with Crippen LogP contribution in [0.15, 0.2) is 24.4 Å². The average Bonchev–Trinajstić information content (AvgIpc) is 2.66. The van der Waals surface area contributed by atoms with Crippen LogP contribution < -0.4 is 5.73 Å². The SMILES string of the molecule is Cn1cc([N+](=O)[O-])c2cccc(C(O)CN)c21. The summed E-state index contributed by atoms with van der Waals surface area (Å²) in [6, 6.07) is 5.08. The van der Waals surface area contributed by atoms with Crippen LogP contribution in [0, 0.1) is 10.1 Å². The molecule has 0 fully saturated rings. The minimum absolute atomic E-state index is 0.0357. The first-order valence-electron chi connectivity index (χ1n) is 5.16. The number of aliphatic hydroxyl groups is 1. The molecule has 1 aromatic heterocycles. The highest BCUT2D eigenvalue weighted by Gasteiger charge is 2.20. The zero-order valence-corrected chi connectivity index (χ0v) is 9.33. The second kappa shape index (κ2) is 4.15. The molecule has 6 nitrogen and oxygen atoms in total. The van der Waals surface area contributed by atoms with Gasteiger partial charge in [0, 0.05) is 19.2 Å². The summed E-state index contributed by atoms with van der Waals surface area (Å²) in [4.78, 5) is 10.5. The molecule has 0 aliphatic rings. The van der Waals surface area contributed by atoms with E-state index in [2.05, 4.69) is 0 Å². The first-order chi connectivity index (χ1) is 8.06. The number of nitrogens with zero attached hydrogens (tertiary/aromatic N) is 2. The van der Waals surface area contributed by atoms with E-state index in [9.17, 15) is 15.2 Å². The molecular weight excluding hydrogens is 222 g/mol. The van der Waals surface area contributed by atoms with E-state index in [1.165, 1.54) is 6.20 Å². The summed E-state index contributed by atoms with van der Waals surface area (Å²) in [7, 11) is 1.71. The standard InChI is InChI=1S/C11H13N3O3/c1-13-6-9(14(16)17)7-3-2-4-8(11(7)13)10(15)5-12/h2-4,6,10,15H,5,12H2,1H3. The minimum atomic E-state index is -0.813. The van der Waals surface area contributed by atoms with Crippen molar-refractivity contribution in [3.05, 3.63) is 40.1 Å². The van der Waals surface area contributed by atoms with E-state index in [0.717, 1.165) is 0 Å². The van der Waals surface area contributed by atoms with Crippen molar-refractivity contribution >= 4 is 16.6 Å². The Bertz CT molecular complexity index is 577. The lowest BCUT2D eigenvalue weighted by molar-refractivity contribution is -0.383. The van der Waals surface area contributed by atoms with Gasteiger partial charge in [0.1, 0.15) is 0 Å². The topological polar surface area (TPSA) is 94.3 Å². The molecule has 17 heavy (non-hydrogen) atoms. The second-order valence-corrected chi connectivity index (χ2v) is 3.88. The number of aromatic nitrogens is 1. The van der Waals surface area contributed by atoms with Crippen molar-refractivity contribution in [3.8, 4) is 0 Å². The lowest BCUT2D eigenvalue weighted by atomic mass is 10.1. The molecule has 0 saturated heterocycles. The maximum absolute atomic E-state index is 10.9. The molecule has 0 saturated carbocycles. The summed E-state index contributed by atoms with van der Waals surface area (Å²) in [6.45, 7) is 0.0814. The van der Waals surface area contributed by atoms with Crippen molar-refractivity contribution in [1.29, 1.82) is 0 Å². The number of aryl methyl sites for hydroxylation is 1. The van der Waals surface area contributed by atoms with Crippen LogP contribution in [-0.2, 0) is 7.05 Å².